The molecule has 0 aromatic heterocycles. The molecule has 5 nitrogen and oxygen atoms in total. The Labute approximate surface area is 116 Å². The summed E-state index contributed by atoms with van der Waals surface area (Å²) in [6, 6.07) is -0.305. The molecule has 1 aliphatic rings. The Morgan fingerprint density at radius 1 is 1.16 bits per heavy atom. The molecule has 1 saturated heterocycles. The van der Waals surface area contributed by atoms with Crippen LogP contribution in [0.5, 0.6) is 0 Å². The Bertz CT molecular complexity index is 387. The van der Waals surface area contributed by atoms with Crippen LogP contribution in [0.15, 0.2) is 0 Å². The predicted octanol–water partition coefficient (Wildman–Crippen LogP) is 0.800. The lowest BCUT2D eigenvalue weighted by molar-refractivity contribution is -0.133. The molecule has 0 aliphatic carbocycles. The summed E-state index contributed by atoms with van der Waals surface area (Å²) in [6.45, 7) is 7.15. The van der Waals surface area contributed by atoms with Gasteiger partial charge in [-0.15, -0.1) is 0 Å². The Balaban J connectivity index is 2.34. The molecule has 1 atom stereocenters. The van der Waals surface area contributed by atoms with Crippen molar-refractivity contribution in [2.24, 2.45) is 0 Å². The first-order valence-electron chi connectivity index (χ1n) is 7.08. The molecular formula is C13H26N2O3S. The lowest BCUT2D eigenvalue weighted by atomic mass is 10.1. The zero-order valence-electron chi connectivity index (χ0n) is 12.2. The molecular weight excluding hydrogens is 264 g/mol. The topological polar surface area (TPSA) is 66.5 Å². The lowest BCUT2D eigenvalue weighted by Crippen LogP contribution is -2.47. The first kappa shape index (κ1) is 16.4. The number of rotatable bonds is 6. The molecule has 0 radical (unpaired) electrons. The van der Waals surface area contributed by atoms with E-state index in [0.29, 0.717) is 6.54 Å². The Morgan fingerprint density at radius 3 is 2.26 bits per heavy atom. The van der Waals surface area contributed by atoms with Crippen molar-refractivity contribution >= 4 is 15.7 Å². The van der Waals surface area contributed by atoms with Crippen LogP contribution in [0.4, 0.5) is 0 Å². The molecule has 1 amide bonds. The molecule has 1 rings (SSSR count). The molecule has 6 heteroatoms. The number of nitrogens with one attached hydrogen (secondary N) is 1. The van der Waals surface area contributed by atoms with Gasteiger partial charge < -0.3 is 10.2 Å². The maximum atomic E-state index is 12.1. The van der Waals surface area contributed by atoms with E-state index in [1.165, 1.54) is 6.42 Å². The second-order valence-electron chi connectivity index (χ2n) is 5.48. The summed E-state index contributed by atoms with van der Waals surface area (Å²) < 4.78 is 23.3. The van der Waals surface area contributed by atoms with Crippen LogP contribution in [-0.4, -0.2) is 55.9 Å². The van der Waals surface area contributed by atoms with E-state index in [9.17, 15) is 13.2 Å². The summed E-state index contributed by atoms with van der Waals surface area (Å²) in [7, 11) is -3.03. The van der Waals surface area contributed by atoms with Gasteiger partial charge in [0.2, 0.25) is 5.91 Å². The SMILES string of the molecule is CC(NCCS(=O)(=O)C(C)C)C(=O)N1CCCCC1. The molecule has 0 spiro atoms. The van der Waals surface area contributed by atoms with E-state index < -0.39 is 9.84 Å². The maximum absolute atomic E-state index is 12.1. The van der Waals surface area contributed by atoms with Crippen LogP contribution >= 0.6 is 0 Å². The van der Waals surface area contributed by atoms with Crippen molar-refractivity contribution in [2.75, 3.05) is 25.4 Å². The van der Waals surface area contributed by atoms with Gasteiger partial charge in [-0.3, -0.25) is 4.79 Å². The van der Waals surface area contributed by atoms with Crippen LogP contribution in [0, 0.1) is 0 Å². The molecule has 1 unspecified atom stereocenters. The van der Waals surface area contributed by atoms with Crippen molar-refractivity contribution < 1.29 is 13.2 Å². The first-order chi connectivity index (χ1) is 8.84. The second kappa shape index (κ2) is 7.24. The molecule has 1 N–H and O–H groups in total. The molecule has 1 heterocycles. The molecule has 112 valence electrons. The fourth-order valence-corrected chi connectivity index (χ4v) is 3.00. The van der Waals surface area contributed by atoms with Crippen LogP contribution in [0.1, 0.15) is 40.0 Å². The number of carbonyl (C=O) groups is 1. The van der Waals surface area contributed by atoms with Crippen LogP contribution in [-0.2, 0) is 14.6 Å². The number of nitrogens with zero attached hydrogens (tertiary/aromatic N) is 1. The van der Waals surface area contributed by atoms with Gasteiger partial charge in [0.25, 0.3) is 0 Å². The number of sulfone groups is 1. The van der Waals surface area contributed by atoms with E-state index in [2.05, 4.69) is 5.32 Å². The van der Waals surface area contributed by atoms with Gasteiger partial charge in [0.1, 0.15) is 0 Å². The summed E-state index contributed by atoms with van der Waals surface area (Å²) in [5.74, 6) is 0.170. The predicted molar refractivity (Wildman–Crippen MR) is 76.8 cm³/mol. The standard InChI is InChI=1S/C13H26N2O3S/c1-11(2)19(17,18)10-7-14-12(3)13(16)15-8-5-4-6-9-15/h11-12,14H,4-10H2,1-3H3. The maximum Gasteiger partial charge on any atom is 0.239 e. The van der Waals surface area contributed by atoms with E-state index in [1.54, 1.807) is 20.8 Å². The molecule has 0 bridgehead atoms. The average molecular weight is 290 g/mol. The van der Waals surface area contributed by atoms with Crippen molar-refractivity contribution in [1.82, 2.24) is 10.2 Å². The Morgan fingerprint density at radius 2 is 1.74 bits per heavy atom. The number of amides is 1. The number of likely N-dealkylation sites (tertiary alicyclic amines) is 1. The van der Waals surface area contributed by atoms with Crippen LogP contribution in [0.3, 0.4) is 0 Å². The van der Waals surface area contributed by atoms with Crippen molar-refractivity contribution in [3.05, 3.63) is 0 Å². The van der Waals surface area contributed by atoms with E-state index in [-0.39, 0.29) is 23.0 Å². The second-order valence-corrected chi connectivity index (χ2v) is 8.15. The highest BCUT2D eigenvalue weighted by atomic mass is 32.2. The smallest absolute Gasteiger partial charge is 0.239 e. The summed E-state index contributed by atoms with van der Waals surface area (Å²) in [5.41, 5.74) is 0. The van der Waals surface area contributed by atoms with Gasteiger partial charge in [-0.05, 0) is 40.0 Å². The number of hydrogen-bond donors (Lipinski definition) is 1. The number of piperidine rings is 1. The first-order valence-corrected chi connectivity index (χ1v) is 8.80. The zero-order chi connectivity index (χ0) is 14.5. The largest absolute Gasteiger partial charge is 0.341 e. The molecule has 1 aliphatic heterocycles. The van der Waals surface area contributed by atoms with Gasteiger partial charge in [0.15, 0.2) is 9.84 Å². The quantitative estimate of drug-likeness (QED) is 0.786. The van der Waals surface area contributed by atoms with E-state index in [0.717, 1.165) is 25.9 Å². The average Bonchev–Trinajstić information content (AvgIpc) is 2.38. The third-order valence-electron chi connectivity index (χ3n) is 3.59. The van der Waals surface area contributed by atoms with Gasteiger partial charge in [-0.2, -0.15) is 0 Å². The fourth-order valence-electron chi connectivity index (χ4n) is 2.13. The van der Waals surface area contributed by atoms with Crippen molar-refractivity contribution in [2.45, 2.75) is 51.3 Å². The van der Waals surface area contributed by atoms with Crippen molar-refractivity contribution in [1.29, 1.82) is 0 Å². The van der Waals surface area contributed by atoms with E-state index in [4.69, 9.17) is 0 Å². The highest BCUT2D eigenvalue weighted by Gasteiger charge is 2.22. The third-order valence-corrected chi connectivity index (χ3v) is 5.80. The Kier molecular flexibility index (Phi) is 6.26. The minimum Gasteiger partial charge on any atom is -0.341 e. The molecule has 0 aromatic carbocycles. The van der Waals surface area contributed by atoms with Gasteiger partial charge in [0.05, 0.1) is 17.0 Å². The normalized spacial score (nSPS) is 18.6. The minimum atomic E-state index is -3.03. The van der Waals surface area contributed by atoms with Gasteiger partial charge >= 0.3 is 0 Å². The van der Waals surface area contributed by atoms with E-state index in [1.807, 2.05) is 4.90 Å². The third kappa shape index (κ3) is 5.10. The number of hydrogen-bond acceptors (Lipinski definition) is 4. The summed E-state index contributed by atoms with van der Waals surface area (Å²) >= 11 is 0. The van der Waals surface area contributed by atoms with Crippen molar-refractivity contribution in [3.63, 3.8) is 0 Å². The fraction of sp³-hybridized carbons (Fsp3) is 0.923. The van der Waals surface area contributed by atoms with Gasteiger partial charge in [-0.25, -0.2) is 8.42 Å². The molecule has 0 saturated carbocycles. The van der Waals surface area contributed by atoms with Crippen LogP contribution in [0.25, 0.3) is 0 Å². The molecule has 19 heavy (non-hydrogen) atoms. The minimum absolute atomic E-state index is 0.0849. The molecule has 0 aromatic rings. The monoisotopic (exact) mass is 290 g/mol. The summed E-state index contributed by atoms with van der Waals surface area (Å²) in [5, 5.41) is 2.66. The van der Waals surface area contributed by atoms with Gasteiger partial charge in [0, 0.05) is 19.6 Å². The van der Waals surface area contributed by atoms with Crippen LogP contribution < -0.4 is 5.32 Å². The van der Waals surface area contributed by atoms with Crippen molar-refractivity contribution in [3.8, 4) is 0 Å². The Hall–Kier alpha value is -0.620. The molecule has 1 fully saturated rings. The van der Waals surface area contributed by atoms with Gasteiger partial charge in [-0.1, -0.05) is 0 Å². The zero-order valence-corrected chi connectivity index (χ0v) is 13.0. The summed E-state index contributed by atoms with van der Waals surface area (Å²) in [4.78, 5) is 14.0. The lowest BCUT2D eigenvalue weighted by Gasteiger charge is -2.29. The number of carbonyl (C=O) groups excluding carboxylic acids is 1. The highest BCUT2D eigenvalue weighted by Crippen LogP contribution is 2.10. The van der Waals surface area contributed by atoms with E-state index >= 15 is 0 Å². The van der Waals surface area contributed by atoms with Crippen LogP contribution in [0.2, 0.25) is 0 Å². The highest BCUT2D eigenvalue weighted by molar-refractivity contribution is 7.92. The summed E-state index contributed by atoms with van der Waals surface area (Å²) in [6.07, 6.45) is 3.33.